The first kappa shape index (κ1) is 15.4. The van der Waals surface area contributed by atoms with Crippen molar-refractivity contribution in [1.82, 2.24) is 5.32 Å². The van der Waals surface area contributed by atoms with Crippen LogP contribution in [0.25, 0.3) is 0 Å². The van der Waals surface area contributed by atoms with Crippen LogP contribution in [0.15, 0.2) is 0 Å². The van der Waals surface area contributed by atoms with E-state index in [1.807, 2.05) is 6.92 Å². The molecule has 0 fully saturated rings. The Morgan fingerprint density at radius 2 is 1.94 bits per heavy atom. The highest BCUT2D eigenvalue weighted by molar-refractivity contribution is 9.09. The van der Waals surface area contributed by atoms with Crippen LogP contribution in [0.1, 0.15) is 40.5 Å². The third-order valence-corrected chi connectivity index (χ3v) is 2.46. The lowest BCUT2D eigenvalue weighted by Gasteiger charge is -2.22. The fraction of sp³-hybridized carbons (Fsp3) is 0.818. The molecule has 16 heavy (non-hydrogen) atoms. The summed E-state index contributed by atoms with van der Waals surface area (Å²) in [4.78, 5) is 22.7. The second-order valence-electron chi connectivity index (χ2n) is 4.63. The van der Waals surface area contributed by atoms with Gasteiger partial charge in [0.05, 0.1) is 5.33 Å². The van der Waals surface area contributed by atoms with Gasteiger partial charge in [0, 0.05) is 12.5 Å². The zero-order chi connectivity index (χ0) is 12.8. The van der Waals surface area contributed by atoms with E-state index in [0.29, 0.717) is 18.2 Å². The van der Waals surface area contributed by atoms with Crippen LogP contribution in [-0.4, -0.2) is 28.8 Å². The number of alkyl halides is 1. The van der Waals surface area contributed by atoms with Gasteiger partial charge in [-0.05, 0) is 27.2 Å². The highest BCUT2D eigenvalue weighted by Gasteiger charge is 2.19. The topological polar surface area (TPSA) is 55.4 Å². The minimum absolute atomic E-state index is 0.0721. The molecule has 0 spiro atoms. The minimum atomic E-state index is -0.512. The Hall–Kier alpha value is -0.580. The summed E-state index contributed by atoms with van der Waals surface area (Å²) < 4.78 is 5.11. The van der Waals surface area contributed by atoms with Gasteiger partial charge < -0.3 is 10.1 Å². The monoisotopic (exact) mass is 293 g/mol. The predicted octanol–water partition coefficient (Wildman–Crippen LogP) is 2.64. The second-order valence-corrected chi connectivity index (χ2v) is 5.19. The molecule has 1 unspecified atom stereocenters. The van der Waals surface area contributed by atoms with Crippen LogP contribution in [0, 0.1) is 0 Å². The van der Waals surface area contributed by atoms with Gasteiger partial charge in [-0.15, -0.1) is 0 Å². The number of carbonyl (C=O) groups excluding carboxylic acids is 2. The normalized spacial score (nSPS) is 13.1. The van der Waals surface area contributed by atoms with E-state index in [0.717, 1.165) is 0 Å². The van der Waals surface area contributed by atoms with E-state index in [4.69, 9.17) is 4.74 Å². The number of Topliss-reactive ketones (excluding diaryl/α,β-unsaturated/α-hetero) is 1. The van der Waals surface area contributed by atoms with Gasteiger partial charge in [-0.25, -0.2) is 4.79 Å². The van der Waals surface area contributed by atoms with E-state index in [1.54, 1.807) is 20.8 Å². The molecule has 0 rings (SSSR count). The molecule has 1 N–H and O–H groups in total. The number of alkyl carbamates (subject to hydrolysis) is 1. The van der Waals surface area contributed by atoms with Crippen LogP contribution < -0.4 is 5.32 Å². The van der Waals surface area contributed by atoms with E-state index in [-0.39, 0.29) is 11.8 Å². The molecule has 4 nitrogen and oxygen atoms in total. The summed E-state index contributed by atoms with van der Waals surface area (Å²) in [6.07, 6.45) is 0.570. The van der Waals surface area contributed by atoms with Crippen molar-refractivity contribution < 1.29 is 14.3 Å². The Morgan fingerprint density at radius 1 is 1.38 bits per heavy atom. The average Bonchev–Trinajstić information content (AvgIpc) is 2.13. The largest absolute Gasteiger partial charge is 0.444 e. The summed E-state index contributed by atoms with van der Waals surface area (Å²) >= 11 is 3.09. The van der Waals surface area contributed by atoms with Gasteiger partial charge in [-0.3, -0.25) is 4.79 Å². The summed E-state index contributed by atoms with van der Waals surface area (Å²) in [7, 11) is 0. The summed E-state index contributed by atoms with van der Waals surface area (Å²) in [5, 5.41) is 3.00. The lowest BCUT2D eigenvalue weighted by atomic mass is 10.1. The van der Waals surface area contributed by atoms with Crippen molar-refractivity contribution in [2.24, 2.45) is 0 Å². The number of ketones is 1. The molecule has 0 aromatic carbocycles. The van der Waals surface area contributed by atoms with Crippen molar-refractivity contribution in [2.75, 3.05) is 5.33 Å². The number of hydrogen-bond acceptors (Lipinski definition) is 3. The van der Waals surface area contributed by atoms with Crippen LogP contribution in [0.4, 0.5) is 4.79 Å². The molecule has 0 saturated carbocycles. The van der Waals surface area contributed by atoms with Crippen molar-refractivity contribution >= 4 is 27.8 Å². The Balaban J connectivity index is 4.12. The summed E-state index contributed by atoms with van der Waals surface area (Å²) in [5.41, 5.74) is -0.512. The Bertz CT molecular complexity index is 248. The molecule has 0 aromatic heterocycles. The first-order valence-corrected chi connectivity index (χ1v) is 6.47. The van der Waals surface area contributed by atoms with Gasteiger partial charge in [0.25, 0.3) is 0 Å². The second kappa shape index (κ2) is 6.89. The third-order valence-electron chi connectivity index (χ3n) is 1.84. The highest BCUT2D eigenvalue weighted by atomic mass is 79.9. The van der Waals surface area contributed by atoms with Crippen LogP contribution in [0.5, 0.6) is 0 Å². The maximum atomic E-state index is 11.4. The SMILES string of the molecule is CCC(CC(=O)CBr)NC(=O)OC(C)(C)C. The number of halogens is 1. The maximum Gasteiger partial charge on any atom is 0.407 e. The lowest BCUT2D eigenvalue weighted by molar-refractivity contribution is -0.116. The van der Waals surface area contributed by atoms with Crippen LogP contribution in [0.3, 0.4) is 0 Å². The standard InChI is InChI=1S/C11H20BrNO3/c1-5-8(6-9(14)7-12)13-10(15)16-11(2,3)4/h8H,5-7H2,1-4H3,(H,13,15). The summed E-state index contributed by atoms with van der Waals surface area (Å²) in [6.45, 7) is 7.33. The zero-order valence-corrected chi connectivity index (χ0v) is 11.9. The fourth-order valence-corrected chi connectivity index (χ4v) is 1.33. The number of carbonyl (C=O) groups is 2. The molecule has 0 aromatic rings. The quantitative estimate of drug-likeness (QED) is 0.793. The molecule has 94 valence electrons. The number of hydrogen-bond donors (Lipinski definition) is 1. The Kier molecular flexibility index (Phi) is 6.64. The molecule has 0 saturated heterocycles. The first-order valence-electron chi connectivity index (χ1n) is 5.35. The van der Waals surface area contributed by atoms with Crippen LogP contribution in [-0.2, 0) is 9.53 Å². The molecule has 1 atom stereocenters. The molecule has 5 heteroatoms. The lowest BCUT2D eigenvalue weighted by Crippen LogP contribution is -2.40. The maximum absolute atomic E-state index is 11.4. The van der Waals surface area contributed by atoms with Crippen molar-refractivity contribution in [1.29, 1.82) is 0 Å². The number of ether oxygens (including phenoxy) is 1. The van der Waals surface area contributed by atoms with Crippen molar-refractivity contribution in [2.45, 2.75) is 52.2 Å². The van der Waals surface area contributed by atoms with Gasteiger partial charge in [0.2, 0.25) is 0 Å². The molecule has 0 aliphatic carbocycles. The molecule has 0 aliphatic heterocycles. The third kappa shape index (κ3) is 7.68. The van der Waals surface area contributed by atoms with E-state index < -0.39 is 11.7 Å². The van der Waals surface area contributed by atoms with E-state index in [1.165, 1.54) is 0 Å². The van der Waals surface area contributed by atoms with Crippen LogP contribution in [0.2, 0.25) is 0 Å². The Labute approximate surface area is 105 Å². The van der Waals surface area contributed by atoms with E-state index in [2.05, 4.69) is 21.2 Å². The predicted molar refractivity (Wildman–Crippen MR) is 66.9 cm³/mol. The molecule has 0 bridgehead atoms. The minimum Gasteiger partial charge on any atom is -0.444 e. The van der Waals surface area contributed by atoms with Crippen molar-refractivity contribution in [3.05, 3.63) is 0 Å². The molecular formula is C11H20BrNO3. The molecule has 0 heterocycles. The first-order chi connectivity index (χ1) is 7.28. The molecular weight excluding hydrogens is 274 g/mol. The number of nitrogens with one attached hydrogen (secondary N) is 1. The van der Waals surface area contributed by atoms with Crippen LogP contribution >= 0.6 is 15.9 Å². The number of amides is 1. The number of rotatable bonds is 5. The van der Waals surface area contributed by atoms with Gasteiger partial charge in [0.15, 0.2) is 0 Å². The van der Waals surface area contributed by atoms with Gasteiger partial charge in [0.1, 0.15) is 11.4 Å². The van der Waals surface area contributed by atoms with Gasteiger partial charge in [-0.1, -0.05) is 22.9 Å². The van der Waals surface area contributed by atoms with E-state index >= 15 is 0 Å². The molecule has 0 radical (unpaired) electrons. The molecule has 0 aliphatic rings. The molecule has 1 amide bonds. The van der Waals surface area contributed by atoms with E-state index in [9.17, 15) is 9.59 Å². The van der Waals surface area contributed by atoms with Gasteiger partial charge >= 0.3 is 6.09 Å². The summed E-state index contributed by atoms with van der Waals surface area (Å²) in [6, 6.07) is -0.153. The smallest absolute Gasteiger partial charge is 0.407 e. The van der Waals surface area contributed by atoms with Gasteiger partial charge in [-0.2, -0.15) is 0 Å². The highest BCUT2D eigenvalue weighted by Crippen LogP contribution is 2.08. The fourth-order valence-electron chi connectivity index (χ4n) is 1.10. The zero-order valence-electron chi connectivity index (χ0n) is 10.3. The Morgan fingerprint density at radius 3 is 2.31 bits per heavy atom. The average molecular weight is 294 g/mol. The van der Waals surface area contributed by atoms with Crippen molar-refractivity contribution in [3.8, 4) is 0 Å². The summed E-state index contributed by atoms with van der Waals surface area (Å²) in [5.74, 6) is 0.0721. The van der Waals surface area contributed by atoms with Crippen molar-refractivity contribution in [3.63, 3.8) is 0 Å².